The Kier molecular flexibility index (Phi) is 5.20. The zero-order chi connectivity index (χ0) is 18.8. The van der Waals surface area contributed by atoms with Crippen molar-refractivity contribution in [3.05, 3.63) is 35.4 Å². The van der Waals surface area contributed by atoms with Crippen LogP contribution in [-0.4, -0.2) is 35.8 Å². The van der Waals surface area contributed by atoms with Crippen molar-refractivity contribution in [3.8, 4) is 0 Å². The molecule has 6 heteroatoms. The highest BCUT2D eigenvalue weighted by Gasteiger charge is 2.49. The van der Waals surface area contributed by atoms with Crippen LogP contribution in [0.2, 0.25) is 0 Å². The molecule has 4 amide bonds. The third kappa shape index (κ3) is 3.83. The highest BCUT2D eigenvalue weighted by atomic mass is 16.2. The van der Waals surface area contributed by atoms with Gasteiger partial charge in [-0.25, -0.2) is 4.79 Å². The van der Waals surface area contributed by atoms with Gasteiger partial charge in [-0.3, -0.25) is 14.5 Å². The molecule has 0 saturated carbocycles. The van der Waals surface area contributed by atoms with Crippen molar-refractivity contribution in [2.24, 2.45) is 0 Å². The first kappa shape index (κ1) is 19.0. The van der Waals surface area contributed by atoms with Gasteiger partial charge in [-0.05, 0) is 29.9 Å². The van der Waals surface area contributed by atoms with Crippen molar-refractivity contribution < 1.29 is 14.4 Å². The lowest BCUT2D eigenvalue weighted by atomic mass is 9.84. The minimum atomic E-state index is -1.15. The first-order valence-corrected chi connectivity index (χ1v) is 8.61. The number of urea groups is 1. The van der Waals surface area contributed by atoms with Gasteiger partial charge in [0.05, 0.1) is 0 Å². The van der Waals surface area contributed by atoms with Crippen molar-refractivity contribution in [2.45, 2.75) is 52.0 Å². The Labute approximate surface area is 149 Å². The number of rotatable bonds is 5. The summed E-state index contributed by atoms with van der Waals surface area (Å²) < 4.78 is 0. The molecule has 0 radical (unpaired) electrons. The van der Waals surface area contributed by atoms with E-state index in [1.165, 1.54) is 0 Å². The van der Waals surface area contributed by atoms with Crippen LogP contribution in [0.15, 0.2) is 24.3 Å². The molecule has 2 rings (SSSR count). The minimum absolute atomic E-state index is 0.00572. The van der Waals surface area contributed by atoms with Gasteiger partial charge in [-0.1, -0.05) is 52.0 Å². The van der Waals surface area contributed by atoms with Gasteiger partial charge >= 0.3 is 6.03 Å². The lowest BCUT2D eigenvalue weighted by Crippen LogP contribution is -2.43. The van der Waals surface area contributed by atoms with Gasteiger partial charge in [0.1, 0.15) is 12.1 Å². The normalized spacial score (nSPS) is 20.6. The number of carbonyl (C=O) groups excluding carboxylic acids is 3. The monoisotopic (exact) mass is 345 g/mol. The van der Waals surface area contributed by atoms with Crippen LogP contribution in [0.3, 0.4) is 0 Å². The molecule has 1 aromatic carbocycles. The van der Waals surface area contributed by atoms with Crippen LogP contribution in [0.1, 0.15) is 52.2 Å². The number of nitrogens with zero attached hydrogens (tertiary/aromatic N) is 1. The molecular formula is C19H27N3O3. The van der Waals surface area contributed by atoms with Crippen molar-refractivity contribution in [1.29, 1.82) is 0 Å². The van der Waals surface area contributed by atoms with Crippen LogP contribution < -0.4 is 10.6 Å². The maximum absolute atomic E-state index is 12.8. The summed E-state index contributed by atoms with van der Waals surface area (Å²) in [7, 11) is 0. The van der Waals surface area contributed by atoms with E-state index in [1.54, 1.807) is 6.92 Å². The number of carbonyl (C=O) groups is 3. The highest BCUT2D eigenvalue weighted by Crippen LogP contribution is 2.30. The predicted octanol–water partition coefficient (Wildman–Crippen LogP) is 2.28. The lowest BCUT2D eigenvalue weighted by Gasteiger charge is -2.24. The number of benzene rings is 1. The maximum atomic E-state index is 12.8. The summed E-state index contributed by atoms with van der Waals surface area (Å²) in [6.07, 6.45) is 0.795. The third-order valence-corrected chi connectivity index (χ3v) is 4.48. The first-order chi connectivity index (χ1) is 11.6. The SMILES string of the molecule is CCCNC(=O)CN1C(=O)NC(C)(c2ccc(C(C)(C)C)cc2)C1=O. The number of hydrogen-bond donors (Lipinski definition) is 2. The molecule has 1 aromatic rings. The Morgan fingerprint density at radius 1 is 1.20 bits per heavy atom. The topological polar surface area (TPSA) is 78.5 Å². The zero-order valence-corrected chi connectivity index (χ0v) is 15.6. The van der Waals surface area contributed by atoms with Gasteiger partial charge in [0, 0.05) is 6.54 Å². The molecular weight excluding hydrogens is 318 g/mol. The molecule has 6 nitrogen and oxygen atoms in total. The number of nitrogens with one attached hydrogen (secondary N) is 2. The van der Waals surface area contributed by atoms with E-state index in [2.05, 4.69) is 31.4 Å². The summed E-state index contributed by atoms with van der Waals surface area (Å²) in [5, 5.41) is 5.40. The summed E-state index contributed by atoms with van der Waals surface area (Å²) in [5.41, 5.74) is 0.701. The molecule has 0 aliphatic carbocycles. The highest BCUT2D eigenvalue weighted by molar-refractivity contribution is 6.09. The number of imide groups is 1. The molecule has 2 N–H and O–H groups in total. The van der Waals surface area contributed by atoms with Crippen LogP contribution >= 0.6 is 0 Å². The summed E-state index contributed by atoms with van der Waals surface area (Å²) in [6, 6.07) is 7.12. The molecule has 0 bridgehead atoms. The molecule has 1 unspecified atom stereocenters. The molecule has 1 aliphatic rings. The van der Waals surface area contributed by atoms with E-state index < -0.39 is 17.5 Å². The quantitative estimate of drug-likeness (QED) is 0.804. The Hall–Kier alpha value is -2.37. The Bertz CT molecular complexity index is 676. The standard InChI is InChI=1S/C19H27N3O3/c1-6-11-20-15(23)12-22-16(24)19(5,21-17(22)25)14-9-7-13(8-10-14)18(2,3)4/h7-10H,6,11-12H2,1-5H3,(H,20,23)(H,21,25). The second kappa shape index (κ2) is 6.86. The molecule has 1 aliphatic heterocycles. The summed E-state index contributed by atoms with van der Waals surface area (Å²) in [6.45, 7) is 10.2. The fraction of sp³-hybridized carbons (Fsp3) is 0.526. The van der Waals surface area contributed by atoms with Crippen LogP contribution in [0.25, 0.3) is 0 Å². The molecule has 0 spiro atoms. The molecule has 136 valence electrons. The largest absolute Gasteiger partial charge is 0.355 e. The fourth-order valence-electron chi connectivity index (χ4n) is 2.80. The van der Waals surface area contributed by atoms with E-state index in [-0.39, 0.29) is 17.9 Å². The van der Waals surface area contributed by atoms with Gasteiger partial charge in [-0.2, -0.15) is 0 Å². The van der Waals surface area contributed by atoms with Crippen LogP contribution in [0, 0.1) is 0 Å². The zero-order valence-electron chi connectivity index (χ0n) is 15.6. The van der Waals surface area contributed by atoms with Crippen LogP contribution in [0.5, 0.6) is 0 Å². The average molecular weight is 345 g/mol. The van der Waals surface area contributed by atoms with Gasteiger partial charge in [0.15, 0.2) is 0 Å². The third-order valence-electron chi connectivity index (χ3n) is 4.48. The minimum Gasteiger partial charge on any atom is -0.355 e. The second-order valence-corrected chi connectivity index (χ2v) is 7.62. The van der Waals surface area contributed by atoms with Crippen LogP contribution in [-0.2, 0) is 20.5 Å². The van der Waals surface area contributed by atoms with E-state index in [1.807, 2.05) is 31.2 Å². The molecule has 1 saturated heterocycles. The van der Waals surface area contributed by atoms with Crippen molar-refractivity contribution >= 4 is 17.8 Å². The molecule has 1 heterocycles. The Balaban J connectivity index is 2.20. The molecule has 25 heavy (non-hydrogen) atoms. The van der Waals surface area contributed by atoms with Crippen molar-refractivity contribution in [1.82, 2.24) is 15.5 Å². The van der Waals surface area contributed by atoms with Gasteiger partial charge in [0.2, 0.25) is 5.91 Å². The summed E-state index contributed by atoms with van der Waals surface area (Å²) >= 11 is 0. The van der Waals surface area contributed by atoms with E-state index in [0.717, 1.165) is 16.9 Å². The van der Waals surface area contributed by atoms with E-state index in [9.17, 15) is 14.4 Å². The van der Waals surface area contributed by atoms with E-state index in [0.29, 0.717) is 12.1 Å². The average Bonchev–Trinajstić information content (AvgIpc) is 2.76. The Morgan fingerprint density at radius 3 is 2.32 bits per heavy atom. The van der Waals surface area contributed by atoms with Crippen molar-refractivity contribution in [3.63, 3.8) is 0 Å². The fourth-order valence-corrected chi connectivity index (χ4v) is 2.80. The van der Waals surface area contributed by atoms with E-state index in [4.69, 9.17) is 0 Å². The maximum Gasteiger partial charge on any atom is 0.325 e. The summed E-state index contributed by atoms with van der Waals surface area (Å²) in [5.74, 6) is -0.745. The Morgan fingerprint density at radius 2 is 1.80 bits per heavy atom. The molecule has 1 fully saturated rings. The first-order valence-electron chi connectivity index (χ1n) is 8.61. The number of amides is 4. The molecule has 1 atom stereocenters. The second-order valence-electron chi connectivity index (χ2n) is 7.62. The van der Waals surface area contributed by atoms with Gasteiger partial charge in [0.25, 0.3) is 5.91 Å². The van der Waals surface area contributed by atoms with Crippen molar-refractivity contribution in [2.75, 3.05) is 13.1 Å². The molecule has 0 aromatic heterocycles. The van der Waals surface area contributed by atoms with Crippen LogP contribution in [0.4, 0.5) is 4.79 Å². The predicted molar refractivity (Wildman–Crippen MR) is 96.0 cm³/mol. The van der Waals surface area contributed by atoms with E-state index >= 15 is 0 Å². The summed E-state index contributed by atoms with van der Waals surface area (Å²) in [4.78, 5) is 37.9. The smallest absolute Gasteiger partial charge is 0.325 e. The number of hydrogen-bond acceptors (Lipinski definition) is 3. The van der Waals surface area contributed by atoms with Gasteiger partial charge in [-0.15, -0.1) is 0 Å². The van der Waals surface area contributed by atoms with Gasteiger partial charge < -0.3 is 10.6 Å². The lowest BCUT2D eigenvalue weighted by molar-refractivity contribution is -0.134.